The minimum absolute atomic E-state index is 0.0243. The van der Waals surface area contributed by atoms with E-state index in [4.69, 9.17) is 0 Å². The summed E-state index contributed by atoms with van der Waals surface area (Å²) in [5.41, 5.74) is 3.84. The van der Waals surface area contributed by atoms with Gasteiger partial charge < -0.3 is 15.2 Å². The molecule has 0 bridgehead atoms. The molecule has 5 aromatic rings. The lowest BCUT2D eigenvalue weighted by molar-refractivity contribution is 0.184. The number of hydrogen-bond acceptors (Lipinski definition) is 9. The van der Waals surface area contributed by atoms with Gasteiger partial charge in [0.2, 0.25) is 10.0 Å². The third kappa shape index (κ3) is 6.24. The molecular weight excluding hydrogens is 602 g/mol. The number of nitrogens with one attached hydrogen (secondary N) is 2. The van der Waals surface area contributed by atoms with Crippen LogP contribution in [0.5, 0.6) is 0 Å². The van der Waals surface area contributed by atoms with E-state index in [0.717, 1.165) is 33.4 Å². The maximum atomic E-state index is 14.5. The third-order valence-electron chi connectivity index (χ3n) is 7.78. The van der Waals surface area contributed by atoms with Gasteiger partial charge in [0, 0.05) is 61.8 Å². The number of aromatic amines is 1. The van der Waals surface area contributed by atoms with Crippen LogP contribution >= 0.6 is 11.3 Å². The Morgan fingerprint density at radius 1 is 1.07 bits per heavy atom. The van der Waals surface area contributed by atoms with E-state index in [0.29, 0.717) is 60.9 Å². The molecule has 1 fully saturated rings. The number of benzene rings is 3. The molecule has 0 radical (unpaired) electrons. The van der Waals surface area contributed by atoms with Gasteiger partial charge >= 0.3 is 4.87 Å². The fourth-order valence-electron chi connectivity index (χ4n) is 5.69. The number of sulfonamides is 1. The van der Waals surface area contributed by atoms with Crippen LogP contribution in [0.15, 0.2) is 70.6 Å². The second kappa shape index (κ2) is 12.3. The van der Waals surface area contributed by atoms with Gasteiger partial charge in [0.1, 0.15) is 18.0 Å². The molecule has 3 aromatic carbocycles. The van der Waals surface area contributed by atoms with Gasteiger partial charge in [-0.1, -0.05) is 29.5 Å². The van der Waals surface area contributed by atoms with Gasteiger partial charge in [0.15, 0.2) is 0 Å². The molecule has 0 aliphatic carbocycles. The van der Waals surface area contributed by atoms with Crippen LogP contribution in [0.3, 0.4) is 0 Å². The zero-order valence-electron chi connectivity index (χ0n) is 24.7. The molecule has 1 saturated heterocycles. The Bertz CT molecular complexity index is 1990. The van der Waals surface area contributed by atoms with Crippen molar-refractivity contribution < 1.29 is 12.8 Å². The van der Waals surface area contributed by atoms with Crippen molar-refractivity contribution in [2.45, 2.75) is 24.4 Å². The van der Waals surface area contributed by atoms with Gasteiger partial charge in [-0.25, -0.2) is 22.8 Å². The Balaban J connectivity index is 1.12. The first kappa shape index (κ1) is 30.3. The molecule has 0 spiro atoms. The van der Waals surface area contributed by atoms with E-state index < -0.39 is 10.0 Å². The number of H-pyrrole nitrogens is 1. The van der Waals surface area contributed by atoms with Gasteiger partial charge in [-0.3, -0.25) is 9.69 Å². The van der Waals surface area contributed by atoms with Crippen LogP contribution in [0.4, 0.5) is 10.2 Å². The monoisotopic (exact) mass is 635 g/mol. The minimum Gasteiger partial charge on any atom is -0.366 e. The average molecular weight is 636 g/mol. The van der Waals surface area contributed by atoms with Crippen LogP contribution in [0.1, 0.15) is 12.5 Å². The van der Waals surface area contributed by atoms with Crippen LogP contribution in [0, 0.1) is 5.82 Å². The highest BCUT2D eigenvalue weighted by Crippen LogP contribution is 2.31. The number of aromatic nitrogens is 3. The first-order chi connectivity index (χ1) is 21.1. The molecule has 1 aliphatic rings. The number of thiazole rings is 1. The van der Waals surface area contributed by atoms with Crippen molar-refractivity contribution in [3.05, 3.63) is 82.0 Å². The summed E-state index contributed by atoms with van der Waals surface area (Å²) < 4.78 is 43.2. The number of nitrogens with zero attached hydrogens (tertiary/aromatic N) is 5. The summed E-state index contributed by atoms with van der Waals surface area (Å²) in [6.07, 6.45) is 1.54. The van der Waals surface area contributed by atoms with Crippen molar-refractivity contribution in [2.75, 3.05) is 52.1 Å². The van der Waals surface area contributed by atoms with Crippen molar-refractivity contribution in [1.82, 2.24) is 29.1 Å². The van der Waals surface area contributed by atoms with Gasteiger partial charge in [-0.15, -0.1) is 0 Å². The summed E-state index contributed by atoms with van der Waals surface area (Å²) in [6, 6.07) is 15.9. The number of piperazine rings is 1. The van der Waals surface area contributed by atoms with Crippen LogP contribution in [0.2, 0.25) is 0 Å². The number of rotatable bonds is 9. The second-order valence-corrected chi connectivity index (χ2v) is 14.3. The summed E-state index contributed by atoms with van der Waals surface area (Å²) in [6.45, 7) is 5.23. The Morgan fingerprint density at radius 3 is 2.64 bits per heavy atom. The normalized spacial score (nSPS) is 15.8. The molecule has 2 aromatic heterocycles. The van der Waals surface area contributed by atoms with E-state index in [1.807, 2.05) is 43.3 Å². The topological polar surface area (TPSA) is 115 Å². The Kier molecular flexibility index (Phi) is 8.49. The SMILES string of the molecule is CC(CN1CCN(S(=O)(=O)c2ccc3[nH]c(=O)sc3c2)CC1)Nc1ncnc2c(-c3ccc(F)c(CN(C)C)c3)cccc12. The van der Waals surface area contributed by atoms with Crippen molar-refractivity contribution >= 4 is 48.3 Å². The molecule has 230 valence electrons. The molecule has 0 saturated carbocycles. The van der Waals surface area contributed by atoms with Crippen LogP contribution in [-0.2, 0) is 16.6 Å². The molecule has 6 rings (SSSR count). The minimum atomic E-state index is -3.67. The summed E-state index contributed by atoms with van der Waals surface area (Å²) in [5.74, 6) is 0.480. The van der Waals surface area contributed by atoms with Crippen molar-refractivity contribution in [1.29, 1.82) is 0 Å². The molecule has 2 N–H and O–H groups in total. The third-order valence-corrected chi connectivity index (χ3v) is 10.5. The summed E-state index contributed by atoms with van der Waals surface area (Å²) >= 11 is 1.01. The fraction of sp³-hybridized carbons (Fsp3) is 0.323. The highest BCUT2D eigenvalue weighted by molar-refractivity contribution is 7.89. The van der Waals surface area contributed by atoms with E-state index in [-0.39, 0.29) is 21.6 Å². The molecule has 10 nitrogen and oxygen atoms in total. The lowest BCUT2D eigenvalue weighted by atomic mass is 9.99. The maximum absolute atomic E-state index is 14.5. The molecule has 1 aliphatic heterocycles. The van der Waals surface area contributed by atoms with E-state index in [2.05, 4.69) is 32.1 Å². The number of halogens is 1. The lowest BCUT2D eigenvalue weighted by Gasteiger charge is -2.35. The Labute approximate surface area is 259 Å². The predicted octanol–water partition coefficient (Wildman–Crippen LogP) is 4.21. The molecule has 44 heavy (non-hydrogen) atoms. The summed E-state index contributed by atoms with van der Waals surface area (Å²) in [7, 11) is 0.159. The van der Waals surface area contributed by atoms with E-state index in [1.165, 1.54) is 16.7 Å². The molecule has 13 heteroatoms. The number of para-hydroxylation sites is 1. The zero-order chi connectivity index (χ0) is 31.0. The average Bonchev–Trinajstić information content (AvgIpc) is 3.37. The lowest BCUT2D eigenvalue weighted by Crippen LogP contribution is -2.50. The van der Waals surface area contributed by atoms with Crippen molar-refractivity contribution in [3.8, 4) is 11.1 Å². The summed E-state index contributed by atoms with van der Waals surface area (Å²) in [5, 5.41) is 4.40. The van der Waals surface area contributed by atoms with E-state index in [9.17, 15) is 17.6 Å². The molecule has 0 amide bonds. The molecule has 1 atom stereocenters. The number of hydrogen-bond donors (Lipinski definition) is 2. The van der Waals surface area contributed by atoms with Gasteiger partial charge in [0.25, 0.3) is 0 Å². The molecule has 1 unspecified atom stereocenters. The highest BCUT2D eigenvalue weighted by atomic mass is 32.2. The standard InChI is InChI=1S/C31H34FN7O3S2/c1-20(17-38-11-13-39(14-12-38)44(41,42)23-8-10-27-28(16-23)43-31(40)36-27)35-30-25-6-4-5-24(29(25)33-19-34-30)21-7-9-26(32)22(15-21)18-37(2)3/h4-10,15-16,19-20H,11-14,17-18H2,1-3H3,(H,36,40)(H,33,34,35). The van der Waals surface area contributed by atoms with E-state index in [1.54, 1.807) is 24.3 Å². The zero-order valence-corrected chi connectivity index (χ0v) is 26.4. The smallest absolute Gasteiger partial charge is 0.305 e. The first-order valence-electron chi connectivity index (χ1n) is 14.4. The Morgan fingerprint density at radius 2 is 1.86 bits per heavy atom. The fourth-order valence-corrected chi connectivity index (χ4v) is 7.99. The van der Waals surface area contributed by atoms with Crippen molar-refractivity contribution in [2.24, 2.45) is 0 Å². The van der Waals surface area contributed by atoms with Crippen LogP contribution < -0.4 is 10.2 Å². The largest absolute Gasteiger partial charge is 0.366 e. The van der Waals surface area contributed by atoms with E-state index >= 15 is 0 Å². The molecular formula is C31H34FN7O3S2. The quantitative estimate of drug-likeness (QED) is 0.248. The van der Waals surface area contributed by atoms with Gasteiger partial charge in [-0.05, 0) is 63.0 Å². The number of fused-ring (bicyclic) bond motifs is 2. The maximum Gasteiger partial charge on any atom is 0.305 e. The predicted molar refractivity (Wildman–Crippen MR) is 173 cm³/mol. The van der Waals surface area contributed by atoms with Crippen molar-refractivity contribution in [3.63, 3.8) is 0 Å². The highest BCUT2D eigenvalue weighted by Gasteiger charge is 2.29. The molecule has 3 heterocycles. The van der Waals surface area contributed by atoms with Crippen LogP contribution in [-0.4, -0.2) is 90.3 Å². The van der Waals surface area contributed by atoms with Crippen LogP contribution in [0.25, 0.3) is 32.2 Å². The second-order valence-electron chi connectivity index (χ2n) is 11.4. The Hall–Kier alpha value is -3.75. The van der Waals surface area contributed by atoms with Gasteiger partial charge in [-0.2, -0.15) is 4.31 Å². The summed E-state index contributed by atoms with van der Waals surface area (Å²) in [4.78, 5) is 27.6. The first-order valence-corrected chi connectivity index (χ1v) is 16.6. The number of anilines is 1. The van der Waals surface area contributed by atoms with Gasteiger partial charge in [0.05, 0.1) is 20.6 Å².